The predicted molar refractivity (Wildman–Crippen MR) is 127 cm³/mol. The SMILES string of the molecule is Cc1cc(Nc2nccc(C(F)(F)F)n2)cc(-c2cnc([C@]3(O)[C@H](F)NC34CCC(C(=O)O)CC4)s2)c1. The number of rotatable bonds is 5. The van der Waals surface area contributed by atoms with Gasteiger partial charge in [-0.15, -0.1) is 11.3 Å². The van der Waals surface area contributed by atoms with Gasteiger partial charge in [-0.2, -0.15) is 13.2 Å². The number of aromatic nitrogens is 3. The average Bonchev–Trinajstić information content (AvgIpc) is 3.34. The minimum atomic E-state index is -4.61. The Balaban J connectivity index is 1.40. The zero-order valence-electron chi connectivity index (χ0n) is 19.5. The summed E-state index contributed by atoms with van der Waals surface area (Å²) in [5.41, 5.74) is -2.06. The van der Waals surface area contributed by atoms with Gasteiger partial charge in [-0.3, -0.25) is 10.1 Å². The van der Waals surface area contributed by atoms with E-state index in [1.807, 2.05) is 6.07 Å². The summed E-state index contributed by atoms with van der Waals surface area (Å²) < 4.78 is 53.8. The van der Waals surface area contributed by atoms with Gasteiger partial charge in [0.1, 0.15) is 10.7 Å². The molecule has 0 radical (unpaired) electrons. The molecule has 3 aromatic rings. The van der Waals surface area contributed by atoms with Crippen LogP contribution in [0.1, 0.15) is 41.9 Å². The zero-order chi connectivity index (χ0) is 26.6. The maximum Gasteiger partial charge on any atom is 0.433 e. The van der Waals surface area contributed by atoms with Crippen LogP contribution in [0.2, 0.25) is 0 Å². The summed E-state index contributed by atoms with van der Waals surface area (Å²) in [6.07, 6.45) is -2.59. The van der Waals surface area contributed by atoms with E-state index in [0.29, 0.717) is 41.8 Å². The van der Waals surface area contributed by atoms with Gasteiger partial charge in [0.25, 0.3) is 0 Å². The van der Waals surface area contributed by atoms with Crippen molar-refractivity contribution >= 4 is 28.9 Å². The molecular weight excluding hydrogens is 514 g/mol. The molecule has 37 heavy (non-hydrogen) atoms. The monoisotopic (exact) mass is 537 g/mol. The van der Waals surface area contributed by atoms with Crippen LogP contribution < -0.4 is 10.6 Å². The summed E-state index contributed by atoms with van der Waals surface area (Å²) in [6.45, 7) is 1.81. The molecule has 5 rings (SSSR count). The van der Waals surface area contributed by atoms with Crippen LogP contribution >= 0.6 is 11.3 Å². The molecule has 1 aliphatic carbocycles. The fourth-order valence-electron chi connectivity index (χ4n) is 5.11. The topological polar surface area (TPSA) is 120 Å². The number of nitrogens with one attached hydrogen (secondary N) is 2. The third kappa shape index (κ3) is 4.44. The maximum atomic E-state index is 14.8. The van der Waals surface area contributed by atoms with Gasteiger partial charge in [0.2, 0.25) is 5.95 Å². The molecule has 2 aromatic heterocycles. The second-order valence-corrected chi connectivity index (χ2v) is 10.5. The lowest BCUT2D eigenvalue weighted by Gasteiger charge is -2.60. The van der Waals surface area contributed by atoms with Crippen LogP contribution in [-0.2, 0) is 16.6 Å². The molecule has 1 spiro atoms. The number of anilines is 2. The molecule has 1 aliphatic heterocycles. The van der Waals surface area contributed by atoms with Crippen LogP contribution in [0.15, 0.2) is 36.7 Å². The smallest absolute Gasteiger partial charge is 0.433 e. The Morgan fingerprint density at radius 1 is 1.22 bits per heavy atom. The first-order chi connectivity index (χ1) is 17.4. The van der Waals surface area contributed by atoms with Gasteiger partial charge in [-0.05, 0) is 61.9 Å². The van der Waals surface area contributed by atoms with Crippen LogP contribution in [0.25, 0.3) is 10.4 Å². The van der Waals surface area contributed by atoms with Crippen molar-refractivity contribution in [3.8, 4) is 10.4 Å². The van der Waals surface area contributed by atoms with Crippen molar-refractivity contribution in [2.24, 2.45) is 5.92 Å². The standard InChI is InChI=1S/C24H23F4N5O3S/c1-12-8-14(10-15(9-12)31-21-29-7-4-17(32-21)24(26,27)28)16-11-30-20(37-16)23(36)19(25)33-22(23)5-2-13(3-6-22)18(34)35/h4,7-11,13,19,33,36H,2-3,5-6H2,1H3,(H,34,35)(H,29,31,32)/t13?,19-,22?,23-/m1/s1. The van der Waals surface area contributed by atoms with Crippen LogP contribution in [0, 0.1) is 12.8 Å². The Hall–Kier alpha value is -3.16. The molecule has 1 saturated carbocycles. The van der Waals surface area contributed by atoms with Gasteiger partial charge < -0.3 is 15.5 Å². The van der Waals surface area contributed by atoms with Crippen molar-refractivity contribution in [3.05, 3.63) is 52.9 Å². The number of carbonyl (C=O) groups is 1. The van der Waals surface area contributed by atoms with Gasteiger partial charge in [0, 0.05) is 18.1 Å². The average molecular weight is 538 g/mol. The van der Waals surface area contributed by atoms with E-state index < -0.39 is 41.2 Å². The molecule has 13 heteroatoms. The fraction of sp³-hybridized carbons (Fsp3) is 0.417. The summed E-state index contributed by atoms with van der Waals surface area (Å²) in [6, 6.07) is 6.01. The molecule has 3 heterocycles. The number of nitrogens with zero attached hydrogens (tertiary/aromatic N) is 3. The van der Waals surface area contributed by atoms with Crippen molar-refractivity contribution in [1.29, 1.82) is 0 Å². The molecular formula is C24H23F4N5O3S. The quantitative estimate of drug-likeness (QED) is 0.271. The van der Waals surface area contributed by atoms with Crippen LogP contribution in [-0.4, -0.2) is 43.0 Å². The molecule has 1 saturated heterocycles. The van der Waals surface area contributed by atoms with E-state index in [4.69, 9.17) is 0 Å². The van der Waals surface area contributed by atoms with Gasteiger partial charge >= 0.3 is 12.1 Å². The highest BCUT2D eigenvalue weighted by Crippen LogP contribution is 2.54. The van der Waals surface area contributed by atoms with Gasteiger partial charge in [-0.25, -0.2) is 19.3 Å². The molecule has 1 aromatic carbocycles. The normalized spacial score (nSPS) is 27.6. The van der Waals surface area contributed by atoms with Crippen molar-refractivity contribution in [3.63, 3.8) is 0 Å². The van der Waals surface area contributed by atoms with E-state index in [1.54, 1.807) is 19.1 Å². The van der Waals surface area contributed by atoms with Gasteiger partial charge in [0.05, 0.1) is 16.3 Å². The van der Waals surface area contributed by atoms with E-state index in [9.17, 15) is 32.6 Å². The molecule has 8 nitrogen and oxygen atoms in total. The second kappa shape index (κ2) is 8.99. The van der Waals surface area contributed by atoms with Gasteiger partial charge in [-0.1, -0.05) is 6.07 Å². The first-order valence-corrected chi connectivity index (χ1v) is 12.4. The molecule has 2 aliphatic rings. The Kier molecular flexibility index (Phi) is 6.20. The summed E-state index contributed by atoms with van der Waals surface area (Å²) in [5.74, 6) is -1.64. The van der Waals surface area contributed by atoms with Crippen molar-refractivity contribution in [2.75, 3.05) is 5.32 Å². The lowest BCUT2D eigenvalue weighted by molar-refractivity contribution is -0.226. The summed E-state index contributed by atoms with van der Waals surface area (Å²) in [4.78, 5) is 23.7. The Morgan fingerprint density at radius 2 is 1.95 bits per heavy atom. The fourth-order valence-corrected chi connectivity index (χ4v) is 6.21. The number of carboxylic acid groups (broad SMARTS) is 1. The number of alkyl halides is 4. The number of aliphatic carboxylic acids is 1. The number of benzene rings is 1. The number of hydrogen-bond donors (Lipinski definition) is 4. The second-order valence-electron chi connectivity index (χ2n) is 9.47. The predicted octanol–water partition coefficient (Wildman–Crippen LogP) is 4.77. The third-order valence-electron chi connectivity index (χ3n) is 7.08. The molecule has 0 unspecified atom stereocenters. The van der Waals surface area contributed by atoms with Crippen LogP contribution in [0.4, 0.5) is 29.2 Å². The minimum Gasteiger partial charge on any atom is -0.481 e. The lowest BCUT2D eigenvalue weighted by Crippen LogP contribution is -2.80. The number of thiazole rings is 1. The Labute approximate surface area is 212 Å². The van der Waals surface area contributed by atoms with E-state index in [1.165, 1.54) is 6.20 Å². The van der Waals surface area contributed by atoms with E-state index in [0.717, 1.165) is 29.2 Å². The first-order valence-electron chi connectivity index (χ1n) is 11.5. The Morgan fingerprint density at radius 3 is 2.59 bits per heavy atom. The number of aliphatic hydroxyl groups is 1. The molecule has 2 fully saturated rings. The summed E-state index contributed by atoms with van der Waals surface area (Å²) >= 11 is 1.11. The molecule has 196 valence electrons. The number of hydrogen-bond acceptors (Lipinski definition) is 8. The summed E-state index contributed by atoms with van der Waals surface area (Å²) in [5, 5.41) is 26.5. The van der Waals surface area contributed by atoms with Crippen molar-refractivity contribution in [2.45, 2.75) is 56.2 Å². The number of carboxylic acids is 1. The number of aryl methyl sites for hydroxylation is 1. The molecule has 4 N–H and O–H groups in total. The van der Waals surface area contributed by atoms with Crippen molar-refractivity contribution < 1.29 is 32.6 Å². The molecule has 0 bridgehead atoms. The third-order valence-corrected chi connectivity index (χ3v) is 8.25. The highest BCUT2D eigenvalue weighted by molar-refractivity contribution is 7.15. The van der Waals surface area contributed by atoms with Crippen LogP contribution in [0.3, 0.4) is 0 Å². The van der Waals surface area contributed by atoms with Gasteiger partial charge in [0.15, 0.2) is 11.9 Å². The lowest BCUT2D eigenvalue weighted by atomic mass is 9.61. The van der Waals surface area contributed by atoms with E-state index in [-0.39, 0.29) is 11.0 Å². The highest BCUT2D eigenvalue weighted by Gasteiger charge is 2.68. The highest BCUT2D eigenvalue weighted by atomic mass is 32.1. The van der Waals surface area contributed by atoms with E-state index in [2.05, 4.69) is 25.6 Å². The molecule has 2 atom stereocenters. The Bertz CT molecular complexity index is 1340. The maximum absolute atomic E-state index is 14.8. The number of halogens is 4. The molecule has 0 amide bonds. The van der Waals surface area contributed by atoms with E-state index >= 15 is 0 Å². The van der Waals surface area contributed by atoms with Crippen molar-refractivity contribution in [1.82, 2.24) is 20.3 Å². The minimum absolute atomic E-state index is 0.180. The zero-order valence-corrected chi connectivity index (χ0v) is 20.3. The van der Waals surface area contributed by atoms with Crippen LogP contribution in [0.5, 0.6) is 0 Å². The summed E-state index contributed by atoms with van der Waals surface area (Å²) in [7, 11) is 0. The first kappa shape index (κ1) is 25.5. The largest absolute Gasteiger partial charge is 0.481 e.